The monoisotopic (exact) mass is 150 g/mol. The van der Waals surface area contributed by atoms with E-state index in [-0.39, 0.29) is 16.6 Å². The van der Waals surface area contributed by atoms with Crippen molar-refractivity contribution in [2.45, 2.75) is 19.1 Å². The molecule has 0 radical (unpaired) electrons. The van der Waals surface area contributed by atoms with E-state index in [1.165, 1.54) is 10.8 Å². The van der Waals surface area contributed by atoms with Crippen molar-refractivity contribution in [3.05, 3.63) is 29.8 Å². The van der Waals surface area contributed by atoms with E-state index in [0.717, 1.165) is 0 Å². The molecule has 0 aliphatic heterocycles. The van der Waals surface area contributed by atoms with Gasteiger partial charge >= 0.3 is 0 Å². The molecule has 0 saturated heterocycles. The van der Waals surface area contributed by atoms with Crippen LogP contribution in [0.15, 0.2) is 24.3 Å². The minimum atomic E-state index is 0. The van der Waals surface area contributed by atoms with E-state index in [4.69, 9.17) is 0 Å². The highest BCUT2D eigenvalue weighted by Gasteiger charge is 1.92. The number of hydrogen-bond donors (Lipinski definition) is 0. The van der Waals surface area contributed by atoms with Crippen LogP contribution in [-0.2, 0) is 0 Å². The topological polar surface area (TPSA) is 0 Å². The van der Waals surface area contributed by atoms with Crippen LogP contribution < -0.4 is 4.43 Å². The van der Waals surface area contributed by atoms with Gasteiger partial charge in [-0.1, -0.05) is 42.0 Å². The first-order valence-electron chi connectivity index (χ1n) is 3.88. The van der Waals surface area contributed by atoms with Crippen LogP contribution in [0.5, 0.6) is 0 Å². The van der Waals surface area contributed by atoms with Gasteiger partial charge in [0, 0.05) is 1.43 Å². The Balaban J connectivity index is 0.000001000. The van der Waals surface area contributed by atoms with E-state index < -0.39 is 0 Å². The van der Waals surface area contributed by atoms with Gasteiger partial charge < -0.3 is 0 Å². The van der Waals surface area contributed by atoms with Gasteiger partial charge in [-0.15, -0.1) is 4.43 Å². The lowest BCUT2D eigenvalue weighted by Crippen LogP contribution is -2.11. The van der Waals surface area contributed by atoms with E-state index in [9.17, 15) is 0 Å². The van der Waals surface area contributed by atoms with Crippen LogP contribution in [-0.4, -0.2) is 15.2 Å². The normalized spacial score (nSPS) is 9.40. The summed E-state index contributed by atoms with van der Waals surface area (Å²) in [6.07, 6.45) is 0. The summed E-state index contributed by atoms with van der Waals surface area (Å²) in [5.74, 6) is 0. The summed E-state index contributed by atoms with van der Waals surface area (Å²) in [6, 6.07) is 8.95. The predicted octanol–water partition coefficient (Wildman–Crippen LogP) is 1.74. The minimum absolute atomic E-state index is 0. The van der Waals surface area contributed by atoms with Crippen LogP contribution in [0, 0.1) is 6.92 Å². The van der Waals surface area contributed by atoms with Crippen molar-refractivity contribution in [1.29, 1.82) is 0 Å². The summed E-state index contributed by atoms with van der Waals surface area (Å²) < 4.78 is 1.59. The van der Waals surface area contributed by atoms with E-state index >= 15 is 0 Å². The molecule has 0 bridgehead atoms. The molecule has 1 rings (SSSR count). The van der Waals surface area contributed by atoms with Gasteiger partial charge in [0.05, 0.1) is 0 Å². The lowest BCUT2D eigenvalue weighted by molar-refractivity contribution is 1.45. The largest absolute Gasteiger partial charge is 0.282 e. The molecule has 0 fully saturated rings. The molecule has 0 aliphatic rings. The Bertz CT molecular complexity index is 193. The van der Waals surface area contributed by atoms with Crippen molar-refractivity contribution in [3.63, 3.8) is 0 Å². The van der Waals surface area contributed by atoms with Crippen molar-refractivity contribution in [3.8, 4) is 0 Å². The second kappa shape index (κ2) is 3.81. The van der Waals surface area contributed by atoms with Crippen LogP contribution in [0.4, 0.5) is 0 Å². The Morgan fingerprint density at radius 2 is 1.90 bits per heavy atom. The Labute approximate surface area is 70.5 Å². The van der Waals surface area contributed by atoms with Gasteiger partial charge in [-0.05, 0) is 6.92 Å². The Kier molecular flexibility index (Phi) is 2.99. The lowest BCUT2D eigenvalue weighted by Gasteiger charge is -1.95. The first-order valence-corrected chi connectivity index (χ1v) is 5.59. The average Bonchev–Trinajstić information content (AvgIpc) is 1.95. The van der Waals surface area contributed by atoms with E-state index in [0.29, 0.717) is 0 Å². The van der Waals surface area contributed by atoms with Crippen molar-refractivity contribution in [2.75, 3.05) is 0 Å². The minimum Gasteiger partial charge on any atom is -0.116 e. The fourth-order valence-corrected chi connectivity index (χ4v) is 2.19. The molecule has 1 aromatic rings. The fraction of sp³-hybridized carbons (Fsp3) is 0.333. The first-order chi connectivity index (χ1) is 4.83. The molecule has 0 amide bonds. The van der Waals surface area contributed by atoms with Crippen molar-refractivity contribution >= 4 is 19.6 Å². The van der Waals surface area contributed by atoms with Crippen molar-refractivity contribution < 1.29 is 1.43 Å². The molecule has 54 valence electrons. The second-order valence-corrected chi connectivity index (χ2v) is 5.05. The maximum absolute atomic E-state index is 2.27. The van der Waals surface area contributed by atoms with E-state index in [1.807, 2.05) is 0 Å². The standard InChI is InChI=1S/C7H7.C2H5.Al.H2.H/c1-7-5-3-2-4-6-7;1-2;;;/h3-6H,1H3;1H2,2H3;;1H;. The van der Waals surface area contributed by atoms with Crippen molar-refractivity contribution in [2.24, 2.45) is 0 Å². The molecule has 1 heteroatoms. The van der Waals surface area contributed by atoms with Crippen molar-refractivity contribution in [1.82, 2.24) is 0 Å². The Morgan fingerprint density at radius 1 is 1.30 bits per heavy atom. The van der Waals surface area contributed by atoms with Crippen LogP contribution >= 0.6 is 0 Å². The summed E-state index contributed by atoms with van der Waals surface area (Å²) in [5, 5.41) is 1.38. The number of rotatable bonds is 2. The lowest BCUT2D eigenvalue weighted by atomic mass is 10.2. The highest BCUT2D eigenvalue weighted by Crippen LogP contribution is 1.92. The van der Waals surface area contributed by atoms with Crippen LogP contribution in [0.25, 0.3) is 0 Å². The number of hydrogen-bond acceptors (Lipinski definition) is 0. The molecule has 0 unspecified atom stereocenters. The van der Waals surface area contributed by atoms with Gasteiger partial charge in [0.2, 0.25) is 0 Å². The van der Waals surface area contributed by atoms with E-state index in [1.54, 1.807) is 4.43 Å². The average molecular weight is 150 g/mol. The molecule has 0 N–H and O–H groups in total. The predicted molar refractivity (Wildman–Crippen MR) is 50.6 cm³/mol. The Morgan fingerprint density at radius 3 is 2.40 bits per heavy atom. The number of aryl methyl sites for hydroxylation is 1. The first kappa shape index (κ1) is 7.86. The zero-order chi connectivity index (χ0) is 7.40. The fourth-order valence-electron chi connectivity index (χ4n) is 1.04. The molecule has 0 saturated carbocycles. The maximum Gasteiger partial charge on any atom is 0.282 e. The van der Waals surface area contributed by atoms with Gasteiger partial charge in [0.15, 0.2) is 0 Å². The zero-order valence-electron chi connectivity index (χ0n) is 6.72. The van der Waals surface area contributed by atoms with Crippen LogP contribution in [0.1, 0.15) is 13.9 Å². The zero-order valence-corrected chi connectivity index (χ0v) is 8.14. The Hall–Kier alpha value is -0.248. The third kappa shape index (κ3) is 2.17. The molecular weight excluding hydrogens is 135 g/mol. The third-order valence-corrected chi connectivity index (χ3v) is 3.21. The second-order valence-electron chi connectivity index (χ2n) is 2.74. The summed E-state index contributed by atoms with van der Waals surface area (Å²) >= 11 is 0.0830. The molecule has 10 heavy (non-hydrogen) atoms. The van der Waals surface area contributed by atoms with Gasteiger partial charge in [0.25, 0.3) is 15.2 Å². The van der Waals surface area contributed by atoms with Gasteiger partial charge in [-0.2, -0.15) is 0 Å². The molecule has 0 aromatic heterocycles. The van der Waals surface area contributed by atoms with Gasteiger partial charge in [-0.25, -0.2) is 0 Å². The molecular formula is C9H15Al. The quantitative estimate of drug-likeness (QED) is 0.563. The highest BCUT2D eigenvalue weighted by atomic mass is 27.1. The molecule has 0 atom stereocenters. The summed E-state index contributed by atoms with van der Waals surface area (Å²) in [4.78, 5) is 0. The van der Waals surface area contributed by atoms with Crippen LogP contribution in [0.3, 0.4) is 0 Å². The maximum atomic E-state index is 2.27. The van der Waals surface area contributed by atoms with Crippen LogP contribution in [0.2, 0.25) is 5.28 Å². The third-order valence-electron chi connectivity index (χ3n) is 1.66. The van der Waals surface area contributed by atoms with Gasteiger partial charge in [-0.3, -0.25) is 0 Å². The summed E-state index contributed by atoms with van der Waals surface area (Å²) in [5.41, 5.74) is 1.37. The SMILES string of the molecule is C[CH2][AlH][c]1ccc(C)cc1.[HH]. The smallest absolute Gasteiger partial charge is 0.116 e. The molecule has 0 aliphatic carbocycles. The molecule has 0 nitrogen and oxygen atoms in total. The highest BCUT2D eigenvalue weighted by molar-refractivity contribution is 6.53. The summed E-state index contributed by atoms with van der Waals surface area (Å²) in [7, 11) is 0. The molecule has 0 spiro atoms. The summed E-state index contributed by atoms with van der Waals surface area (Å²) in [6.45, 7) is 4.41. The number of benzene rings is 1. The van der Waals surface area contributed by atoms with Gasteiger partial charge in [0.1, 0.15) is 0 Å². The van der Waals surface area contributed by atoms with E-state index in [2.05, 4.69) is 38.1 Å². The molecule has 0 heterocycles. The molecule has 1 aromatic carbocycles.